The van der Waals surface area contributed by atoms with Crippen molar-refractivity contribution in [3.63, 3.8) is 0 Å². The first kappa shape index (κ1) is 34.8. The van der Waals surface area contributed by atoms with Crippen LogP contribution < -0.4 is 50.8 Å². The first-order valence-corrected chi connectivity index (χ1v) is 14.7. The number of hydrogen-bond acceptors (Lipinski definition) is 14. The summed E-state index contributed by atoms with van der Waals surface area (Å²) in [6.07, 6.45) is 0. The van der Waals surface area contributed by atoms with Crippen LogP contribution in [0.3, 0.4) is 0 Å². The van der Waals surface area contributed by atoms with Crippen LogP contribution in [0.1, 0.15) is 17.4 Å². The maximum atomic E-state index is 13.2. The van der Waals surface area contributed by atoms with Crippen molar-refractivity contribution in [1.29, 1.82) is 0 Å². The molecule has 0 radical (unpaired) electrons. The van der Waals surface area contributed by atoms with E-state index in [1.807, 2.05) is 0 Å². The minimum atomic E-state index is -5.06. The van der Waals surface area contributed by atoms with E-state index < -0.39 is 64.2 Å². The molecule has 4 N–H and O–H groups in total. The third-order valence-electron chi connectivity index (χ3n) is 4.71. The molecule has 41 heavy (non-hydrogen) atoms. The predicted octanol–water partition coefficient (Wildman–Crippen LogP) is -4.05. The molecular weight excluding hydrogens is 662 g/mol. The number of alkyl halides is 2. The fourth-order valence-electron chi connectivity index (χ4n) is 2.95. The zero-order chi connectivity index (χ0) is 29.6. The van der Waals surface area contributed by atoms with E-state index in [-0.39, 0.29) is 67.3 Å². The molecule has 2 aromatic heterocycles. The van der Waals surface area contributed by atoms with Crippen LogP contribution in [-0.2, 0) is 39.1 Å². The van der Waals surface area contributed by atoms with Crippen LogP contribution in [0.2, 0.25) is 0 Å². The van der Waals surface area contributed by atoms with Gasteiger partial charge in [0.2, 0.25) is 17.7 Å². The molecule has 1 aliphatic rings. The predicted molar refractivity (Wildman–Crippen MR) is 141 cm³/mol. The van der Waals surface area contributed by atoms with Gasteiger partial charge in [0.25, 0.3) is 11.8 Å². The number of aromatic nitrogens is 2. The van der Waals surface area contributed by atoms with Crippen molar-refractivity contribution in [1.82, 2.24) is 24.9 Å². The molecule has 2 atom stereocenters. The molecule has 3 heterocycles. The Balaban J connectivity index is 0.00000588. The standard InChI is InChI=1S/C18H18Cl2N8O9S3.Na/c1-37-27-13(9-6-39-18(23-9)25-11(30)3-20)15(32)26-12(8-5-38-17(22-8)24-10(29)2-19)14(31)21-7-4-28(16(7)33)40(34,35)36;/h5-7,12H,2-4H2,1H3,(H,21,31)(H,26,32)(H,22,24,29)(H,23,25,30)(H,34,35,36);/q;+1/p-1. The number of amides is 5. The van der Waals surface area contributed by atoms with E-state index >= 15 is 0 Å². The third-order valence-corrected chi connectivity index (χ3v) is 7.60. The van der Waals surface area contributed by atoms with E-state index in [1.54, 1.807) is 0 Å². The molecule has 2 unspecified atom stereocenters. The van der Waals surface area contributed by atoms with Gasteiger partial charge in [-0.3, -0.25) is 24.0 Å². The molecule has 23 heteroatoms. The number of carbonyl (C=O) groups excluding carboxylic acids is 5. The van der Waals surface area contributed by atoms with Gasteiger partial charge >= 0.3 is 29.6 Å². The molecule has 0 spiro atoms. The quantitative estimate of drug-likeness (QED) is 0.0420. The molecule has 2 aromatic rings. The zero-order valence-electron chi connectivity index (χ0n) is 20.9. The van der Waals surface area contributed by atoms with Crippen LogP contribution in [0.25, 0.3) is 0 Å². The fourth-order valence-corrected chi connectivity index (χ4v) is 5.23. The van der Waals surface area contributed by atoms with E-state index in [2.05, 4.69) is 36.4 Å². The minimum Gasteiger partial charge on any atom is -0.731 e. The van der Waals surface area contributed by atoms with Gasteiger partial charge in [-0.15, -0.1) is 45.9 Å². The Kier molecular flexibility index (Phi) is 12.9. The van der Waals surface area contributed by atoms with Gasteiger partial charge in [-0.05, 0) is 0 Å². The molecule has 0 bridgehead atoms. The first-order valence-electron chi connectivity index (χ1n) is 10.5. The van der Waals surface area contributed by atoms with Gasteiger partial charge in [0.1, 0.15) is 30.6 Å². The molecule has 0 saturated carbocycles. The summed E-state index contributed by atoms with van der Waals surface area (Å²) in [6.45, 7) is -0.614. The van der Waals surface area contributed by atoms with Gasteiger partial charge in [0.05, 0.1) is 12.2 Å². The monoisotopic (exact) mass is 678 g/mol. The van der Waals surface area contributed by atoms with Gasteiger partial charge in [-0.1, -0.05) is 5.16 Å². The SMILES string of the molecule is CON=C(C(=O)NC(C(=O)NC1CN(S(=O)(=O)[O-])C1=O)c1csc(NC(=O)CCl)n1)c1csc(NC(=O)CCl)n1.[Na+]. The second-order valence-electron chi connectivity index (χ2n) is 7.40. The number of hydrogen-bond donors (Lipinski definition) is 4. The number of oxime groups is 1. The van der Waals surface area contributed by atoms with Crippen molar-refractivity contribution in [3.8, 4) is 0 Å². The van der Waals surface area contributed by atoms with Crippen molar-refractivity contribution >= 4 is 102 Å². The van der Waals surface area contributed by atoms with E-state index in [1.165, 1.54) is 10.8 Å². The second-order valence-corrected chi connectivity index (χ2v) is 10.9. The molecule has 0 aromatic carbocycles. The molecule has 1 aliphatic heterocycles. The molecule has 1 saturated heterocycles. The zero-order valence-corrected chi connectivity index (χ0v) is 26.8. The first-order chi connectivity index (χ1) is 18.9. The maximum Gasteiger partial charge on any atom is 1.00 e. The summed E-state index contributed by atoms with van der Waals surface area (Å²) in [5.41, 5.74) is -0.560. The molecule has 17 nitrogen and oxygen atoms in total. The van der Waals surface area contributed by atoms with Crippen LogP contribution in [0.4, 0.5) is 10.3 Å². The van der Waals surface area contributed by atoms with E-state index in [9.17, 15) is 36.9 Å². The summed E-state index contributed by atoms with van der Waals surface area (Å²) in [6, 6.07) is -2.99. The third kappa shape index (κ3) is 9.03. The topological polar surface area (TPSA) is 241 Å². The van der Waals surface area contributed by atoms with Crippen molar-refractivity contribution < 1.29 is 71.3 Å². The number of halogens is 2. The van der Waals surface area contributed by atoms with Crippen LogP contribution in [0, 0.1) is 0 Å². The van der Waals surface area contributed by atoms with Gasteiger partial charge < -0.3 is 30.7 Å². The molecule has 1 fully saturated rings. The Hall–Kier alpha value is -2.43. The van der Waals surface area contributed by atoms with Gasteiger partial charge in [-0.2, -0.15) is 0 Å². The Morgan fingerprint density at radius 2 is 1.73 bits per heavy atom. The van der Waals surface area contributed by atoms with Crippen LogP contribution in [-0.4, -0.2) is 93.9 Å². The number of nitrogens with zero attached hydrogens (tertiary/aromatic N) is 4. The normalized spacial score (nSPS) is 15.6. The molecule has 216 valence electrons. The van der Waals surface area contributed by atoms with Crippen molar-refractivity contribution in [3.05, 3.63) is 22.1 Å². The van der Waals surface area contributed by atoms with Gasteiger partial charge in [0, 0.05) is 10.8 Å². The summed E-state index contributed by atoms with van der Waals surface area (Å²) in [5.74, 6) is -5.06. The minimum absolute atomic E-state index is 0. The largest absolute Gasteiger partial charge is 1.00 e. The van der Waals surface area contributed by atoms with Crippen molar-refractivity contribution in [2.75, 3.05) is 36.0 Å². The van der Waals surface area contributed by atoms with Crippen LogP contribution in [0.5, 0.6) is 0 Å². The number of carbonyl (C=O) groups is 5. The Morgan fingerprint density at radius 1 is 1.15 bits per heavy atom. The molecular formula is C18H17Cl2N8NaO9S3. The molecule has 5 amide bonds. The average Bonchev–Trinajstić information content (AvgIpc) is 3.56. The number of thiazole rings is 2. The number of nitrogens with one attached hydrogen (secondary N) is 4. The van der Waals surface area contributed by atoms with E-state index in [4.69, 9.17) is 28.0 Å². The second kappa shape index (κ2) is 15.2. The summed E-state index contributed by atoms with van der Waals surface area (Å²) < 4.78 is 33.3. The smallest absolute Gasteiger partial charge is 0.731 e. The summed E-state index contributed by atoms with van der Waals surface area (Å²) in [4.78, 5) is 74.4. The summed E-state index contributed by atoms with van der Waals surface area (Å²) in [7, 11) is -3.92. The number of anilines is 2. The van der Waals surface area contributed by atoms with E-state index in [0.29, 0.717) is 0 Å². The molecule has 0 aliphatic carbocycles. The molecule has 3 rings (SSSR count). The van der Waals surface area contributed by atoms with Crippen LogP contribution >= 0.6 is 45.9 Å². The Labute approximate surface area is 271 Å². The summed E-state index contributed by atoms with van der Waals surface area (Å²) >= 11 is 12.8. The average molecular weight is 679 g/mol. The van der Waals surface area contributed by atoms with Crippen LogP contribution in [0.15, 0.2) is 15.9 Å². The Morgan fingerprint density at radius 3 is 2.27 bits per heavy atom. The Bertz CT molecular complexity index is 1470. The summed E-state index contributed by atoms with van der Waals surface area (Å²) in [5, 5.41) is 15.8. The number of β-lactam (4-membered cyclic amide) rings is 1. The number of rotatable bonds is 12. The van der Waals surface area contributed by atoms with E-state index in [0.717, 1.165) is 29.8 Å². The fraction of sp³-hybridized carbons (Fsp3) is 0.333. The van der Waals surface area contributed by atoms with Gasteiger partial charge in [0.15, 0.2) is 32.3 Å². The maximum absolute atomic E-state index is 13.2. The van der Waals surface area contributed by atoms with Crippen molar-refractivity contribution in [2.24, 2.45) is 5.16 Å². The van der Waals surface area contributed by atoms with Crippen molar-refractivity contribution in [2.45, 2.75) is 12.1 Å². The van der Waals surface area contributed by atoms with Gasteiger partial charge in [-0.25, -0.2) is 22.7 Å².